The molecule has 5 nitrogen and oxygen atoms in total. The van der Waals surface area contributed by atoms with Gasteiger partial charge in [0.15, 0.2) is 5.65 Å². The number of fused-ring (bicyclic) bond motifs is 2. The van der Waals surface area contributed by atoms with Gasteiger partial charge in [-0.15, -0.1) is 0 Å². The number of H-pyrrole nitrogens is 2. The highest BCUT2D eigenvalue weighted by molar-refractivity contribution is 5.99. The minimum Gasteiger partial charge on any atom is -0.353 e. The van der Waals surface area contributed by atoms with Crippen molar-refractivity contribution >= 4 is 27.5 Å². The van der Waals surface area contributed by atoms with Crippen LogP contribution in [0.3, 0.4) is 0 Å². The fraction of sp³-hybridized carbons (Fsp3) is 0.0870. The number of nitrogens with zero attached hydrogens (tertiary/aromatic N) is 3. The van der Waals surface area contributed by atoms with E-state index in [2.05, 4.69) is 75.4 Å². The quantitative estimate of drug-likeness (QED) is 0.438. The van der Waals surface area contributed by atoms with E-state index in [1.807, 2.05) is 18.3 Å². The van der Waals surface area contributed by atoms with E-state index >= 15 is 0 Å². The SMILES string of the molecule is C/C=C(\C)c1cccc2[nH]c(-c3[nH]nc4ncc(-c5ccncc5)cc34)cc12. The Bertz CT molecular complexity index is 1330. The largest absolute Gasteiger partial charge is 0.353 e. The Morgan fingerprint density at radius 2 is 1.86 bits per heavy atom. The van der Waals surface area contributed by atoms with E-state index in [1.54, 1.807) is 12.4 Å². The van der Waals surface area contributed by atoms with Crippen LogP contribution in [0.5, 0.6) is 0 Å². The van der Waals surface area contributed by atoms with Crippen LogP contribution in [0.25, 0.3) is 50.0 Å². The summed E-state index contributed by atoms with van der Waals surface area (Å²) in [6.07, 6.45) is 7.57. The van der Waals surface area contributed by atoms with Crippen molar-refractivity contribution in [1.29, 1.82) is 0 Å². The van der Waals surface area contributed by atoms with Gasteiger partial charge in [-0.3, -0.25) is 10.1 Å². The van der Waals surface area contributed by atoms with Gasteiger partial charge in [-0.1, -0.05) is 18.2 Å². The van der Waals surface area contributed by atoms with E-state index in [0.717, 1.165) is 33.4 Å². The maximum atomic E-state index is 4.53. The molecule has 0 fully saturated rings. The minimum absolute atomic E-state index is 0.705. The number of pyridine rings is 2. The maximum Gasteiger partial charge on any atom is 0.181 e. The maximum absolute atomic E-state index is 4.53. The molecule has 0 unspecified atom stereocenters. The highest BCUT2D eigenvalue weighted by Crippen LogP contribution is 2.33. The molecule has 0 atom stereocenters. The van der Waals surface area contributed by atoms with Gasteiger partial charge in [0, 0.05) is 40.4 Å². The fourth-order valence-corrected chi connectivity index (χ4v) is 3.60. The molecule has 0 saturated heterocycles. The fourth-order valence-electron chi connectivity index (χ4n) is 3.60. The van der Waals surface area contributed by atoms with E-state index in [9.17, 15) is 0 Å². The monoisotopic (exact) mass is 365 g/mol. The van der Waals surface area contributed by atoms with Crippen molar-refractivity contribution < 1.29 is 0 Å². The molecule has 5 aromatic rings. The summed E-state index contributed by atoms with van der Waals surface area (Å²) in [6, 6.07) is 14.6. The van der Waals surface area contributed by atoms with Gasteiger partial charge in [-0.05, 0) is 60.9 Å². The minimum atomic E-state index is 0.705. The third kappa shape index (κ3) is 2.60. The molecule has 0 aliphatic rings. The smallest absolute Gasteiger partial charge is 0.181 e. The first kappa shape index (κ1) is 16.4. The Kier molecular flexibility index (Phi) is 3.79. The Labute approximate surface area is 162 Å². The van der Waals surface area contributed by atoms with E-state index in [4.69, 9.17) is 0 Å². The van der Waals surface area contributed by atoms with Crippen LogP contribution in [0.1, 0.15) is 19.4 Å². The number of nitrogens with one attached hydrogen (secondary N) is 2. The zero-order chi connectivity index (χ0) is 19.1. The number of aromatic amines is 2. The summed E-state index contributed by atoms with van der Waals surface area (Å²) in [5.41, 5.74) is 8.37. The summed E-state index contributed by atoms with van der Waals surface area (Å²) in [7, 11) is 0. The molecule has 4 aromatic heterocycles. The van der Waals surface area contributed by atoms with Gasteiger partial charge >= 0.3 is 0 Å². The Morgan fingerprint density at radius 3 is 2.68 bits per heavy atom. The van der Waals surface area contributed by atoms with Gasteiger partial charge in [-0.2, -0.15) is 5.10 Å². The average molecular weight is 365 g/mol. The molecular weight excluding hydrogens is 346 g/mol. The van der Waals surface area contributed by atoms with E-state index in [-0.39, 0.29) is 0 Å². The lowest BCUT2D eigenvalue weighted by atomic mass is 10.0. The zero-order valence-electron chi connectivity index (χ0n) is 15.7. The van der Waals surface area contributed by atoms with Crippen LogP contribution in [0, 0.1) is 0 Å². The predicted molar refractivity (Wildman–Crippen MR) is 114 cm³/mol. The van der Waals surface area contributed by atoms with Crippen LogP contribution in [0.15, 0.2) is 67.1 Å². The van der Waals surface area contributed by atoms with Crippen LogP contribution in [0.4, 0.5) is 0 Å². The lowest BCUT2D eigenvalue weighted by Gasteiger charge is -2.02. The zero-order valence-corrected chi connectivity index (χ0v) is 15.7. The van der Waals surface area contributed by atoms with E-state index < -0.39 is 0 Å². The van der Waals surface area contributed by atoms with Gasteiger partial charge in [0.1, 0.15) is 0 Å². The highest BCUT2D eigenvalue weighted by atomic mass is 15.2. The number of allylic oxidation sites excluding steroid dienone is 2. The Balaban J connectivity index is 1.69. The van der Waals surface area contributed by atoms with Crippen molar-refractivity contribution in [2.24, 2.45) is 0 Å². The number of rotatable bonds is 3. The lowest BCUT2D eigenvalue weighted by molar-refractivity contribution is 1.10. The number of hydrogen-bond donors (Lipinski definition) is 2. The second kappa shape index (κ2) is 6.46. The van der Waals surface area contributed by atoms with Crippen LogP contribution in [-0.4, -0.2) is 25.1 Å². The molecule has 0 aliphatic carbocycles. The highest BCUT2D eigenvalue weighted by Gasteiger charge is 2.14. The molecule has 1 aromatic carbocycles. The topological polar surface area (TPSA) is 70.2 Å². The molecule has 5 heteroatoms. The van der Waals surface area contributed by atoms with E-state index in [0.29, 0.717) is 5.65 Å². The van der Waals surface area contributed by atoms with Gasteiger partial charge in [-0.25, -0.2) is 4.98 Å². The summed E-state index contributed by atoms with van der Waals surface area (Å²) in [6.45, 7) is 4.20. The molecule has 0 spiro atoms. The summed E-state index contributed by atoms with van der Waals surface area (Å²) in [5, 5.41) is 9.75. The molecule has 0 amide bonds. The van der Waals surface area contributed by atoms with Crippen molar-refractivity contribution in [1.82, 2.24) is 25.1 Å². The molecule has 28 heavy (non-hydrogen) atoms. The molecular formula is C23H19N5. The third-order valence-electron chi connectivity index (χ3n) is 5.21. The molecule has 4 heterocycles. The van der Waals surface area contributed by atoms with Crippen molar-refractivity contribution in [2.45, 2.75) is 13.8 Å². The van der Waals surface area contributed by atoms with Gasteiger partial charge in [0.25, 0.3) is 0 Å². The summed E-state index contributed by atoms with van der Waals surface area (Å²) >= 11 is 0. The lowest BCUT2D eigenvalue weighted by Crippen LogP contribution is -1.83. The molecule has 0 saturated carbocycles. The number of hydrogen-bond acceptors (Lipinski definition) is 3. The standard InChI is InChI=1S/C23H19N5/c1-3-14(2)17-5-4-6-20-18(17)12-21(26-20)22-19-11-16(13-25-23(19)28-27-22)15-7-9-24-10-8-15/h3-13,26H,1-2H3,(H,25,27,28)/b14-3+. The molecule has 0 radical (unpaired) electrons. The van der Waals surface area contributed by atoms with Crippen molar-refractivity contribution in [3.8, 4) is 22.5 Å². The number of benzene rings is 1. The van der Waals surface area contributed by atoms with Crippen LogP contribution in [0.2, 0.25) is 0 Å². The average Bonchev–Trinajstić information content (AvgIpc) is 3.36. The first-order valence-electron chi connectivity index (χ1n) is 9.24. The molecule has 0 bridgehead atoms. The first-order chi connectivity index (χ1) is 13.7. The number of aromatic nitrogens is 5. The van der Waals surface area contributed by atoms with Crippen molar-refractivity contribution in [3.63, 3.8) is 0 Å². The van der Waals surface area contributed by atoms with Crippen molar-refractivity contribution in [3.05, 3.63) is 72.7 Å². The second-order valence-corrected chi connectivity index (χ2v) is 6.85. The van der Waals surface area contributed by atoms with Crippen LogP contribution < -0.4 is 0 Å². The molecule has 136 valence electrons. The van der Waals surface area contributed by atoms with Gasteiger partial charge < -0.3 is 4.98 Å². The molecule has 5 rings (SSSR count). The predicted octanol–water partition coefficient (Wildman–Crippen LogP) is 5.59. The Hall–Kier alpha value is -3.73. The van der Waals surface area contributed by atoms with E-state index in [1.165, 1.54) is 16.5 Å². The Morgan fingerprint density at radius 1 is 1.00 bits per heavy atom. The van der Waals surface area contributed by atoms with Gasteiger partial charge in [0.05, 0.1) is 11.4 Å². The van der Waals surface area contributed by atoms with Gasteiger partial charge in [0.2, 0.25) is 0 Å². The first-order valence-corrected chi connectivity index (χ1v) is 9.24. The third-order valence-corrected chi connectivity index (χ3v) is 5.21. The summed E-state index contributed by atoms with van der Waals surface area (Å²) in [5.74, 6) is 0. The second-order valence-electron chi connectivity index (χ2n) is 6.85. The van der Waals surface area contributed by atoms with Crippen LogP contribution in [-0.2, 0) is 0 Å². The van der Waals surface area contributed by atoms with Crippen molar-refractivity contribution in [2.75, 3.05) is 0 Å². The molecule has 0 aliphatic heterocycles. The summed E-state index contributed by atoms with van der Waals surface area (Å²) < 4.78 is 0. The normalized spacial score (nSPS) is 12.1. The summed E-state index contributed by atoms with van der Waals surface area (Å²) in [4.78, 5) is 12.2. The van der Waals surface area contributed by atoms with Crippen LogP contribution >= 0.6 is 0 Å². The molecule has 2 N–H and O–H groups in total.